The number of alkyl halides is 3. The molecule has 298 valence electrons. The number of para-hydroxylation sites is 2. The normalized spacial score (nSPS) is 11.8. The molecule has 10 rings (SSSR count). The van der Waals surface area contributed by atoms with E-state index in [1.54, 1.807) is 39.8 Å². The first-order valence-electron chi connectivity index (χ1n) is 19.6. The van der Waals surface area contributed by atoms with E-state index in [0.29, 0.717) is 57.0 Å². The van der Waals surface area contributed by atoms with E-state index in [9.17, 15) is 10.5 Å². The molecule has 0 fully saturated rings. The SMILES string of the molecule is Cc1nc(C)nc(-c2ccc3c(c2)c2ccccc2n3-c2cc(C#N)cc(-n3c4ccccc4c4cc(-c5nc(C)nc(C)n5)ccc43)c2-c2c(C#N)cccc2C(F)(F)F)n1. The van der Waals surface area contributed by atoms with Crippen molar-refractivity contribution >= 4 is 43.6 Å². The fraction of sp³-hybridized carbons (Fsp3) is 0.102. The Morgan fingerprint density at radius 2 is 0.919 bits per heavy atom. The lowest BCUT2D eigenvalue weighted by atomic mass is 9.90. The highest BCUT2D eigenvalue weighted by Gasteiger charge is 2.37. The summed E-state index contributed by atoms with van der Waals surface area (Å²) in [7, 11) is 0. The minimum Gasteiger partial charge on any atom is -0.308 e. The third kappa shape index (κ3) is 6.09. The van der Waals surface area contributed by atoms with Crippen molar-refractivity contribution in [2.24, 2.45) is 0 Å². The zero-order valence-electron chi connectivity index (χ0n) is 33.6. The van der Waals surface area contributed by atoms with Crippen molar-refractivity contribution < 1.29 is 13.2 Å². The summed E-state index contributed by atoms with van der Waals surface area (Å²) >= 11 is 0. The van der Waals surface area contributed by atoms with Crippen molar-refractivity contribution in [2.45, 2.75) is 33.9 Å². The maximum atomic E-state index is 15.5. The number of aryl methyl sites for hydroxylation is 4. The van der Waals surface area contributed by atoms with E-state index >= 15 is 13.2 Å². The highest BCUT2D eigenvalue weighted by Crippen LogP contribution is 2.48. The molecule has 4 aromatic heterocycles. The van der Waals surface area contributed by atoms with Gasteiger partial charge < -0.3 is 9.13 Å². The molecule has 0 spiro atoms. The van der Waals surface area contributed by atoms with Crippen LogP contribution in [-0.4, -0.2) is 39.0 Å². The standard InChI is InChI=1S/C49H31F3N10/c1-26-55-27(2)58-47(57-26)31-16-18-41-36(22-31)34-11-5-7-14-39(34)61(41)43-20-30(24-53)21-44(46(43)45-33(25-54)10-9-13-38(45)49(50,51)52)62-40-15-8-6-12-35(40)37-23-32(17-19-42(37)62)48-59-28(3)56-29(4)60-48/h5-23H,1-4H3. The molecule has 0 saturated carbocycles. The molecule has 0 atom stereocenters. The van der Waals surface area contributed by atoms with E-state index in [2.05, 4.69) is 42.0 Å². The van der Waals surface area contributed by atoms with E-state index in [0.717, 1.165) is 38.7 Å². The van der Waals surface area contributed by atoms with Crippen LogP contribution in [0.2, 0.25) is 0 Å². The van der Waals surface area contributed by atoms with Gasteiger partial charge >= 0.3 is 6.18 Å². The molecule has 10 aromatic rings. The number of benzene rings is 6. The lowest BCUT2D eigenvalue weighted by Crippen LogP contribution is -2.12. The second kappa shape index (κ2) is 14.2. The van der Waals surface area contributed by atoms with Gasteiger partial charge in [0, 0.05) is 43.8 Å². The number of aromatic nitrogens is 8. The highest BCUT2D eigenvalue weighted by molar-refractivity contribution is 6.13. The summed E-state index contributed by atoms with van der Waals surface area (Å²) in [5.74, 6) is 3.22. The van der Waals surface area contributed by atoms with Crippen LogP contribution in [-0.2, 0) is 6.18 Å². The number of fused-ring (bicyclic) bond motifs is 6. The number of nitrogens with zero attached hydrogens (tertiary/aromatic N) is 10. The molecule has 13 heteroatoms. The molecule has 0 bridgehead atoms. The highest BCUT2D eigenvalue weighted by atomic mass is 19.4. The Morgan fingerprint density at radius 1 is 0.468 bits per heavy atom. The summed E-state index contributed by atoms with van der Waals surface area (Å²) in [6.07, 6.45) is -4.86. The molecule has 0 aliphatic heterocycles. The summed E-state index contributed by atoms with van der Waals surface area (Å²) < 4.78 is 50.2. The van der Waals surface area contributed by atoms with Gasteiger partial charge in [-0.25, -0.2) is 29.9 Å². The molecular weight excluding hydrogens is 786 g/mol. The van der Waals surface area contributed by atoms with Crippen LogP contribution in [0.15, 0.2) is 115 Å². The van der Waals surface area contributed by atoms with Gasteiger partial charge in [0.15, 0.2) is 11.6 Å². The summed E-state index contributed by atoms with van der Waals surface area (Å²) in [6, 6.07) is 37.8. The van der Waals surface area contributed by atoms with E-state index < -0.39 is 11.7 Å². The lowest BCUT2D eigenvalue weighted by molar-refractivity contribution is -0.137. The molecule has 4 heterocycles. The number of hydrogen-bond acceptors (Lipinski definition) is 8. The van der Waals surface area contributed by atoms with Gasteiger partial charge in [0.2, 0.25) is 0 Å². The van der Waals surface area contributed by atoms with E-state index in [1.165, 1.54) is 12.1 Å². The van der Waals surface area contributed by atoms with E-state index in [-0.39, 0.29) is 33.6 Å². The molecule has 0 aliphatic carbocycles. The fourth-order valence-corrected chi connectivity index (χ4v) is 8.67. The second-order valence-electron chi connectivity index (χ2n) is 15.0. The Bertz CT molecular complexity index is 3370. The Balaban J connectivity index is 1.37. The first-order valence-corrected chi connectivity index (χ1v) is 19.6. The molecule has 0 saturated heterocycles. The number of rotatable bonds is 5. The molecule has 0 N–H and O–H groups in total. The van der Waals surface area contributed by atoms with Crippen LogP contribution in [0.3, 0.4) is 0 Å². The van der Waals surface area contributed by atoms with E-state index in [1.807, 2.05) is 94.1 Å². The smallest absolute Gasteiger partial charge is 0.308 e. The quantitative estimate of drug-likeness (QED) is 0.168. The predicted octanol–water partition coefficient (Wildman–Crippen LogP) is 11.2. The summed E-state index contributed by atoms with van der Waals surface area (Å²) in [6.45, 7) is 7.19. The molecular formula is C49H31F3N10. The third-order valence-electron chi connectivity index (χ3n) is 11.0. The van der Waals surface area contributed by atoms with Crippen LogP contribution in [0.25, 0.3) is 88.9 Å². The number of nitriles is 2. The van der Waals surface area contributed by atoms with Crippen molar-refractivity contribution in [1.82, 2.24) is 39.0 Å². The first kappa shape index (κ1) is 37.9. The summed E-state index contributed by atoms with van der Waals surface area (Å²) in [5.41, 5.74) is 3.46. The largest absolute Gasteiger partial charge is 0.417 e. The van der Waals surface area contributed by atoms with Crippen molar-refractivity contribution in [3.8, 4) is 57.4 Å². The van der Waals surface area contributed by atoms with Gasteiger partial charge in [-0.1, -0.05) is 42.5 Å². The average molecular weight is 817 g/mol. The van der Waals surface area contributed by atoms with Gasteiger partial charge in [0.05, 0.1) is 62.3 Å². The van der Waals surface area contributed by atoms with Gasteiger partial charge in [-0.05, 0) is 100 Å². The topological polar surface area (TPSA) is 135 Å². The first-order chi connectivity index (χ1) is 29.9. The Morgan fingerprint density at radius 3 is 1.35 bits per heavy atom. The molecule has 0 unspecified atom stereocenters. The minimum absolute atomic E-state index is 0.111. The monoisotopic (exact) mass is 816 g/mol. The van der Waals surface area contributed by atoms with Crippen molar-refractivity contribution in [1.29, 1.82) is 10.5 Å². The van der Waals surface area contributed by atoms with Crippen LogP contribution >= 0.6 is 0 Å². The van der Waals surface area contributed by atoms with Crippen LogP contribution in [0.4, 0.5) is 13.2 Å². The number of halogens is 3. The Hall–Kier alpha value is -8.29. The van der Waals surface area contributed by atoms with Crippen LogP contribution < -0.4 is 0 Å². The zero-order chi connectivity index (χ0) is 43.0. The number of hydrogen-bond donors (Lipinski definition) is 0. The minimum atomic E-state index is -4.86. The zero-order valence-corrected chi connectivity index (χ0v) is 33.6. The predicted molar refractivity (Wildman–Crippen MR) is 232 cm³/mol. The lowest BCUT2D eigenvalue weighted by Gasteiger charge is -2.23. The van der Waals surface area contributed by atoms with Crippen LogP contribution in [0.5, 0.6) is 0 Å². The van der Waals surface area contributed by atoms with Crippen LogP contribution in [0.1, 0.15) is 40.0 Å². The van der Waals surface area contributed by atoms with Gasteiger partial charge in [0.25, 0.3) is 0 Å². The Kier molecular flexibility index (Phi) is 8.68. The molecule has 0 radical (unpaired) electrons. The van der Waals surface area contributed by atoms with Gasteiger partial charge in [-0.15, -0.1) is 0 Å². The molecule has 6 aromatic carbocycles. The summed E-state index contributed by atoms with van der Waals surface area (Å²) in [5, 5.41) is 24.6. The third-order valence-corrected chi connectivity index (χ3v) is 11.0. The van der Waals surface area contributed by atoms with Gasteiger partial charge in [-0.3, -0.25) is 0 Å². The van der Waals surface area contributed by atoms with Gasteiger partial charge in [0.1, 0.15) is 23.3 Å². The average Bonchev–Trinajstić information content (AvgIpc) is 3.76. The van der Waals surface area contributed by atoms with E-state index in [4.69, 9.17) is 0 Å². The maximum Gasteiger partial charge on any atom is 0.417 e. The van der Waals surface area contributed by atoms with Crippen LogP contribution in [0, 0.1) is 50.4 Å². The molecule has 0 aliphatic rings. The Labute approximate surface area is 351 Å². The van der Waals surface area contributed by atoms with Crippen molar-refractivity contribution in [3.63, 3.8) is 0 Å². The summed E-state index contributed by atoms with van der Waals surface area (Å²) in [4.78, 5) is 27.0. The molecule has 0 amide bonds. The maximum absolute atomic E-state index is 15.5. The van der Waals surface area contributed by atoms with Crippen molar-refractivity contribution in [2.75, 3.05) is 0 Å². The fourth-order valence-electron chi connectivity index (χ4n) is 8.67. The molecule has 62 heavy (non-hydrogen) atoms. The molecule has 10 nitrogen and oxygen atoms in total. The second-order valence-corrected chi connectivity index (χ2v) is 15.0. The van der Waals surface area contributed by atoms with Gasteiger partial charge in [-0.2, -0.15) is 23.7 Å². The van der Waals surface area contributed by atoms with Crippen molar-refractivity contribution in [3.05, 3.63) is 155 Å².